The quantitative estimate of drug-likeness (QED) is 0.681. The number of halogens is 1. The van der Waals surface area contributed by atoms with Crippen LogP contribution in [-0.4, -0.2) is 63.2 Å². The van der Waals surface area contributed by atoms with E-state index in [1.165, 1.54) is 0 Å². The number of nitrogens with zero attached hydrogens (tertiary/aromatic N) is 3. The number of amides is 1. The zero-order chi connectivity index (χ0) is 20.0. The molecule has 0 spiro atoms. The number of piperazine rings is 1. The maximum atomic E-state index is 13.0. The van der Waals surface area contributed by atoms with Crippen molar-refractivity contribution in [1.82, 2.24) is 20.0 Å². The molecule has 3 heterocycles. The van der Waals surface area contributed by atoms with Gasteiger partial charge in [0.2, 0.25) is 0 Å². The average molecular weight is 411 g/mol. The predicted octanol–water partition coefficient (Wildman–Crippen LogP) is 3.02. The summed E-state index contributed by atoms with van der Waals surface area (Å²) in [6.07, 6.45) is 3.27. The van der Waals surface area contributed by atoms with Gasteiger partial charge in [-0.15, -0.1) is 0 Å². The van der Waals surface area contributed by atoms with Crippen LogP contribution in [0.3, 0.4) is 0 Å². The van der Waals surface area contributed by atoms with Gasteiger partial charge in [-0.1, -0.05) is 23.7 Å². The van der Waals surface area contributed by atoms with E-state index < -0.39 is 5.60 Å². The van der Waals surface area contributed by atoms with E-state index in [0.29, 0.717) is 36.6 Å². The van der Waals surface area contributed by atoms with Gasteiger partial charge >= 0.3 is 0 Å². The Morgan fingerprint density at radius 1 is 1.21 bits per heavy atom. The number of carbonyl (C=O) groups is 1. The summed E-state index contributed by atoms with van der Waals surface area (Å²) in [6.45, 7) is 2.71. The van der Waals surface area contributed by atoms with Crippen molar-refractivity contribution in [2.75, 3.05) is 26.2 Å². The van der Waals surface area contributed by atoms with E-state index in [2.05, 4.69) is 15.1 Å². The molecule has 150 valence electrons. The summed E-state index contributed by atoms with van der Waals surface area (Å²) in [5.74, 6) is 0.0614. The minimum atomic E-state index is -0.862. The lowest BCUT2D eigenvalue weighted by molar-refractivity contribution is -0.0740. The van der Waals surface area contributed by atoms with E-state index in [0.717, 1.165) is 29.4 Å². The number of piperidine rings is 1. The molecule has 0 aliphatic carbocycles. The Kier molecular flexibility index (Phi) is 4.57. The highest BCUT2D eigenvalue weighted by molar-refractivity contribution is 6.30. The summed E-state index contributed by atoms with van der Waals surface area (Å²) in [5, 5.41) is 19.8. The number of H-pyrrole nitrogens is 1. The van der Waals surface area contributed by atoms with Crippen molar-refractivity contribution in [3.63, 3.8) is 0 Å². The number of aliphatic hydroxyl groups is 1. The molecule has 1 aromatic heterocycles. The smallest absolute Gasteiger partial charge is 0.253 e. The van der Waals surface area contributed by atoms with Gasteiger partial charge in [0.05, 0.1) is 11.7 Å². The fraction of sp³-hybridized carbons (Fsp3) is 0.364. The summed E-state index contributed by atoms with van der Waals surface area (Å²) < 4.78 is 0. The van der Waals surface area contributed by atoms with E-state index in [-0.39, 0.29) is 11.9 Å². The number of aromatic amines is 1. The summed E-state index contributed by atoms with van der Waals surface area (Å²) in [7, 11) is 0. The molecule has 0 saturated carbocycles. The molecule has 2 aliphatic rings. The summed E-state index contributed by atoms with van der Waals surface area (Å²) in [5.41, 5.74) is 1.67. The Bertz CT molecular complexity index is 1050. The van der Waals surface area contributed by atoms with Gasteiger partial charge in [0.25, 0.3) is 5.91 Å². The number of nitrogens with one attached hydrogen (secondary N) is 1. The molecular weight excluding hydrogens is 388 g/mol. The first-order valence-corrected chi connectivity index (χ1v) is 10.3. The third kappa shape index (κ3) is 3.41. The topological polar surface area (TPSA) is 72.5 Å². The van der Waals surface area contributed by atoms with Crippen LogP contribution in [0.1, 0.15) is 28.8 Å². The molecule has 5 rings (SSSR count). The van der Waals surface area contributed by atoms with Crippen molar-refractivity contribution in [1.29, 1.82) is 0 Å². The highest BCUT2D eigenvalue weighted by Crippen LogP contribution is 2.36. The van der Waals surface area contributed by atoms with Crippen LogP contribution in [0, 0.1) is 0 Å². The van der Waals surface area contributed by atoms with Crippen LogP contribution in [0.15, 0.2) is 48.7 Å². The Labute approximate surface area is 174 Å². The first kappa shape index (κ1) is 18.6. The lowest BCUT2D eigenvalue weighted by Crippen LogP contribution is -2.60. The Morgan fingerprint density at radius 2 is 2.03 bits per heavy atom. The van der Waals surface area contributed by atoms with Crippen LogP contribution < -0.4 is 0 Å². The molecule has 2 saturated heterocycles. The van der Waals surface area contributed by atoms with Crippen molar-refractivity contribution in [2.24, 2.45) is 0 Å². The van der Waals surface area contributed by atoms with Gasteiger partial charge in [0.1, 0.15) is 5.60 Å². The molecule has 29 heavy (non-hydrogen) atoms. The summed E-state index contributed by atoms with van der Waals surface area (Å²) in [4.78, 5) is 17.3. The van der Waals surface area contributed by atoms with Crippen molar-refractivity contribution >= 4 is 28.4 Å². The zero-order valence-corrected chi connectivity index (χ0v) is 16.8. The zero-order valence-electron chi connectivity index (χ0n) is 16.0. The molecule has 7 heteroatoms. The SMILES string of the molecule is O=C(c1ccc2[nH]ncc2c1)N1CCN2C[C@](O)(c3ccc(Cl)cc3)CC[C@H]2C1. The Morgan fingerprint density at radius 3 is 2.86 bits per heavy atom. The maximum absolute atomic E-state index is 13.0. The number of rotatable bonds is 2. The van der Waals surface area contributed by atoms with Crippen LogP contribution in [0.25, 0.3) is 10.9 Å². The van der Waals surface area contributed by atoms with Crippen molar-refractivity contribution in [2.45, 2.75) is 24.5 Å². The van der Waals surface area contributed by atoms with E-state index in [1.807, 2.05) is 47.4 Å². The second-order valence-corrected chi connectivity index (χ2v) is 8.56. The third-order valence-electron chi connectivity index (χ3n) is 6.32. The number of aromatic nitrogens is 2. The van der Waals surface area contributed by atoms with E-state index in [1.54, 1.807) is 6.20 Å². The highest BCUT2D eigenvalue weighted by Gasteiger charge is 2.42. The molecule has 2 N–H and O–H groups in total. The molecule has 2 aliphatic heterocycles. The lowest BCUT2D eigenvalue weighted by atomic mass is 9.82. The fourth-order valence-corrected chi connectivity index (χ4v) is 4.76. The van der Waals surface area contributed by atoms with E-state index in [9.17, 15) is 9.90 Å². The number of fused-ring (bicyclic) bond motifs is 2. The molecule has 1 amide bonds. The molecule has 2 fully saturated rings. The second-order valence-electron chi connectivity index (χ2n) is 8.12. The number of benzene rings is 2. The van der Waals surface area contributed by atoms with Gasteiger partial charge in [-0.2, -0.15) is 5.10 Å². The van der Waals surface area contributed by atoms with Crippen LogP contribution in [-0.2, 0) is 5.60 Å². The van der Waals surface area contributed by atoms with Crippen LogP contribution in [0.4, 0.5) is 0 Å². The second kappa shape index (κ2) is 7.13. The van der Waals surface area contributed by atoms with Crippen LogP contribution >= 0.6 is 11.6 Å². The van der Waals surface area contributed by atoms with Gasteiger partial charge in [-0.05, 0) is 48.7 Å². The summed E-state index contributed by atoms with van der Waals surface area (Å²) in [6, 6.07) is 13.4. The maximum Gasteiger partial charge on any atom is 0.253 e. The molecule has 0 bridgehead atoms. The van der Waals surface area contributed by atoms with E-state index in [4.69, 9.17) is 11.6 Å². The molecule has 2 atom stereocenters. The molecular formula is C22H23ClN4O2. The minimum absolute atomic E-state index is 0.0614. The number of carbonyl (C=O) groups excluding carboxylic acids is 1. The van der Waals surface area contributed by atoms with Gasteiger partial charge < -0.3 is 10.0 Å². The van der Waals surface area contributed by atoms with Crippen molar-refractivity contribution in [3.05, 3.63) is 64.8 Å². The number of hydrogen-bond acceptors (Lipinski definition) is 4. The minimum Gasteiger partial charge on any atom is -0.384 e. The molecule has 0 unspecified atom stereocenters. The average Bonchev–Trinajstić information content (AvgIpc) is 3.21. The van der Waals surface area contributed by atoms with Crippen molar-refractivity contribution in [3.8, 4) is 0 Å². The molecule has 3 aromatic rings. The molecule has 2 aromatic carbocycles. The first-order chi connectivity index (χ1) is 14.0. The monoisotopic (exact) mass is 410 g/mol. The molecule has 0 radical (unpaired) electrons. The normalized spacial score (nSPS) is 25.2. The Balaban J connectivity index is 1.29. The predicted molar refractivity (Wildman–Crippen MR) is 112 cm³/mol. The summed E-state index contributed by atoms with van der Waals surface area (Å²) >= 11 is 5.99. The molecule has 6 nitrogen and oxygen atoms in total. The number of hydrogen-bond donors (Lipinski definition) is 2. The van der Waals surface area contributed by atoms with Gasteiger partial charge in [-0.25, -0.2) is 0 Å². The first-order valence-electron chi connectivity index (χ1n) is 9.97. The van der Waals surface area contributed by atoms with E-state index >= 15 is 0 Å². The van der Waals surface area contributed by atoms with Crippen LogP contribution in [0.5, 0.6) is 0 Å². The fourth-order valence-electron chi connectivity index (χ4n) is 4.63. The van der Waals surface area contributed by atoms with Gasteiger partial charge in [-0.3, -0.25) is 14.8 Å². The van der Waals surface area contributed by atoms with Crippen LogP contribution in [0.2, 0.25) is 5.02 Å². The third-order valence-corrected chi connectivity index (χ3v) is 6.57. The van der Waals surface area contributed by atoms with Gasteiger partial charge in [0, 0.05) is 48.2 Å². The highest BCUT2D eigenvalue weighted by atomic mass is 35.5. The largest absolute Gasteiger partial charge is 0.384 e. The standard InChI is InChI=1S/C22H23ClN4O2/c23-18-4-2-17(3-5-18)22(29)8-7-19-13-26(9-10-27(19)14-22)21(28)15-1-6-20-16(11-15)12-24-25-20/h1-6,11-12,19,29H,7-10,13-14H2,(H,24,25)/t19-,22-/m0/s1. The van der Waals surface area contributed by atoms with Gasteiger partial charge in [0.15, 0.2) is 0 Å². The Hall–Kier alpha value is -2.41. The van der Waals surface area contributed by atoms with Crippen molar-refractivity contribution < 1.29 is 9.90 Å². The lowest BCUT2D eigenvalue weighted by Gasteiger charge is -2.49.